The summed E-state index contributed by atoms with van der Waals surface area (Å²) in [5, 5.41) is 10.1. The van der Waals surface area contributed by atoms with Crippen molar-refractivity contribution < 1.29 is 28.2 Å². The number of nitrogen functional groups attached to an aromatic ring is 1. The molecule has 0 amide bonds. The molecule has 1 unspecified atom stereocenters. The van der Waals surface area contributed by atoms with Crippen molar-refractivity contribution in [3.63, 3.8) is 0 Å². The van der Waals surface area contributed by atoms with Crippen molar-refractivity contribution in [3.05, 3.63) is 46.0 Å². The molecule has 144 valence electrons. The van der Waals surface area contributed by atoms with Crippen LogP contribution < -0.4 is 11.3 Å². The predicted molar refractivity (Wildman–Crippen MR) is 90.6 cm³/mol. The number of fused-ring (bicyclic) bond motifs is 1. The van der Waals surface area contributed by atoms with E-state index in [1.165, 1.54) is 19.1 Å². The molecule has 0 aliphatic heterocycles. The summed E-state index contributed by atoms with van der Waals surface area (Å²) in [7, 11) is -5.96. The molecule has 10 nitrogen and oxygen atoms in total. The van der Waals surface area contributed by atoms with E-state index < -0.39 is 30.5 Å². The third-order valence-corrected chi connectivity index (χ3v) is 4.97. The average molecular weight is 401 g/mol. The number of nitrogens with one attached hydrogen (secondary N) is 1. The van der Waals surface area contributed by atoms with Gasteiger partial charge in [0.15, 0.2) is 17.3 Å². The van der Waals surface area contributed by atoms with Crippen LogP contribution in [0.5, 0.6) is 0 Å². The zero-order chi connectivity index (χ0) is 20.1. The molecule has 6 N–H and O–H groups in total. The van der Waals surface area contributed by atoms with Crippen LogP contribution in [0.4, 0.5) is 14.7 Å². The van der Waals surface area contributed by atoms with Crippen LogP contribution in [0.25, 0.3) is 16.9 Å². The topological polar surface area (TPSA) is 167 Å². The first-order valence-electron chi connectivity index (χ1n) is 7.39. The fourth-order valence-electron chi connectivity index (χ4n) is 2.67. The molecule has 1 aromatic carbocycles. The fourth-order valence-corrected chi connectivity index (χ4v) is 3.13. The Morgan fingerprint density at radius 2 is 2.04 bits per heavy atom. The SMILES string of the molecule is Cc1cccc(C(O)C(F)(F)P(=O)(O)O)c1-n1cnc2c(=O)[nH]c(N)nc21. The number of halogens is 2. The summed E-state index contributed by atoms with van der Waals surface area (Å²) >= 11 is 0. The molecule has 0 saturated heterocycles. The van der Waals surface area contributed by atoms with Gasteiger partial charge in [0.25, 0.3) is 5.56 Å². The minimum atomic E-state index is -5.96. The summed E-state index contributed by atoms with van der Waals surface area (Å²) in [4.78, 5) is 39.8. The number of hydrogen-bond donors (Lipinski definition) is 5. The summed E-state index contributed by atoms with van der Waals surface area (Å²) in [6, 6.07) is 3.93. The highest BCUT2D eigenvalue weighted by atomic mass is 31.2. The lowest BCUT2D eigenvalue weighted by atomic mass is 10.0. The second-order valence-corrected chi connectivity index (χ2v) is 7.47. The Morgan fingerprint density at radius 3 is 2.67 bits per heavy atom. The van der Waals surface area contributed by atoms with Crippen LogP contribution in [0.15, 0.2) is 29.3 Å². The molecule has 0 radical (unpaired) electrons. The van der Waals surface area contributed by atoms with Gasteiger partial charge in [-0.2, -0.15) is 13.8 Å². The Labute approximate surface area is 149 Å². The molecule has 27 heavy (non-hydrogen) atoms. The minimum absolute atomic E-state index is 0.0573. The van der Waals surface area contributed by atoms with Crippen molar-refractivity contribution in [2.75, 3.05) is 5.73 Å². The van der Waals surface area contributed by atoms with Crippen molar-refractivity contribution >= 4 is 24.7 Å². The van der Waals surface area contributed by atoms with Crippen molar-refractivity contribution in [2.24, 2.45) is 0 Å². The first kappa shape index (κ1) is 19.1. The summed E-state index contributed by atoms with van der Waals surface area (Å²) < 4.78 is 40.4. The average Bonchev–Trinajstić information content (AvgIpc) is 2.96. The fraction of sp³-hybridized carbons (Fsp3) is 0.214. The molecule has 0 fully saturated rings. The number of para-hydroxylation sites is 1. The summed E-state index contributed by atoms with van der Waals surface area (Å²) in [6.07, 6.45) is -1.72. The molecule has 3 aromatic rings. The van der Waals surface area contributed by atoms with Crippen LogP contribution in [0.1, 0.15) is 17.2 Å². The molecule has 2 heterocycles. The monoisotopic (exact) mass is 401 g/mol. The number of nitrogens with two attached hydrogens (primary N) is 1. The van der Waals surface area contributed by atoms with Crippen LogP contribution in [-0.2, 0) is 4.57 Å². The van der Waals surface area contributed by atoms with Gasteiger partial charge in [-0.3, -0.25) is 18.9 Å². The summed E-state index contributed by atoms with van der Waals surface area (Å²) in [6.45, 7) is 1.52. The third-order valence-electron chi connectivity index (χ3n) is 3.95. The molecule has 3 rings (SSSR count). The van der Waals surface area contributed by atoms with Gasteiger partial charge in [0, 0.05) is 5.56 Å². The number of nitrogens with zero attached hydrogens (tertiary/aromatic N) is 3. The van der Waals surface area contributed by atoms with Gasteiger partial charge in [-0.25, -0.2) is 4.98 Å². The number of hydrogen-bond acceptors (Lipinski definition) is 6. The number of aliphatic hydroxyl groups is 1. The van der Waals surface area contributed by atoms with E-state index >= 15 is 0 Å². The third kappa shape index (κ3) is 3.02. The first-order valence-corrected chi connectivity index (χ1v) is 9.00. The number of aromatic amines is 1. The number of alkyl halides is 2. The lowest BCUT2D eigenvalue weighted by Gasteiger charge is -2.26. The van der Waals surface area contributed by atoms with Crippen molar-refractivity contribution in [1.29, 1.82) is 0 Å². The molecule has 0 saturated carbocycles. The second kappa shape index (κ2) is 6.20. The Balaban J connectivity index is 2.31. The molecule has 13 heteroatoms. The normalized spacial score (nSPS) is 13.9. The highest BCUT2D eigenvalue weighted by Crippen LogP contribution is 2.59. The maximum absolute atomic E-state index is 14.1. The van der Waals surface area contributed by atoms with Gasteiger partial charge in [0.05, 0.1) is 5.69 Å². The molecule has 2 aromatic heterocycles. The summed E-state index contributed by atoms with van der Waals surface area (Å²) in [5.74, 6) is -0.245. The van der Waals surface area contributed by atoms with Crippen molar-refractivity contribution in [3.8, 4) is 5.69 Å². The Kier molecular flexibility index (Phi) is 4.39. The lowest BCUT2D eigenvalue weighted by molar-refractivity contribution is -0.0606. The predicted octanol–water partition coefficient (Wildman–Crippen LogP) is 0.803. The van der Waals surface area contributed by atoms with E-state index in [1.807, 2.05) is 0 Å². The van der Waals surface area contributed by atoms with Crippen LogP contribution in [0, 0.1) is 6.92 Å². The minimum Gasteiger partial charge on any atom is -0.381 e. The number of aryl methyl sites for hydroxylation is 1. The van der Waals surface area contributed by atoms with Crippen molar-refractivity contribution in [1.82, 2.24) is 19.5 Å². The molecular weight excluding hydrogens is 387 g/mol. The summed E-state index contributed by atoms with van der Waals surface area (Å²) in [5.41, 5.74) is -0.274. The highest BCUT2D eigenvalue weighted by molar-refractivity contribution is 7.53. The number of anilines is 1. The van der Waals surface area contributed by atoms with Gasteiger partial charge in [-0.15, -0.1) is 0 Å². The maximum atomic E-state index is 14.1. The zero-order valence-electron chi connectivity index (χ0n) is 13.7. The molecule has 0 spiro atoms. The van der Waals surface area contributed by atoms with E-state index in [0.29, 0.717) is 5.56 Å². The van der Waals surface area contributed by atoms with Gasteiger partial charge in [0.2, 0.25) is 5.95 Å². The highest BCUT2D eigenvalue weighted by Gasteiger charge is 2.56. The number of H-pyrrole nitrogens is 1. The van der Waals surface area contributed by atoms with Crippen LogP contribution in [0.2, 0.25) is 0 Å². The van der Waals surface area contributed by atoms with E-state index in [1.54, 1.807) is 0 Å². The van der Waals surface area contributed by atoms with Crippen molar-refractivity contribution in [2.45, 2.75) is 18.7 Å². The van der Waals surface area contributed by atoms with E-state index in [-0.39, 0.29) is 22.8 Å². The van der Waals surface area contributed by atoms with Gasteiger partial charge in [0.1, 0.15) is 6.33 Å². The van der Waals surface area contributed by atoms with Crippen LogP contribution in [-0.4, -0.2) is 40.1 Å². The molecule has 1 atom stereocenters. The molecule has 0 aliphatic rings. The quantitative estimate of drug-likeness (QED) is 0.400. The van der Waals surface area contributed by atoms with Gasteiger partial charge in [-0.1, -0.05) is 18.2 Å². The van der Waals surface area contributed by atoms with E-state index in [0.717, 1.165) is 17.0 Å². The number of rotatable bonds is 4. The molecule has 0 bridgehead atoms. The van der Waals surface area contributed by atoms with Crippen LogP contribution in [0.3, 0.4) is 0 Å². The van der Waals surface area contributed by atoms with Gasteiger partial charge < -0.3 is 20.6 Å². The largest absolute Gasteiger partial charge is 0.397 e. The number of aliphatic hydroxyl groups excluding tert-OH is 1. The smallest absolute Gasteiger partial charge is 0.381 e. The second-order valence-electron chi connectivity index (χ2n) is 5.79. The molecule has 0 aliphatic carbocycles. The first-order chi connectivity index (χ1) is 12.4. The lowest BCUT2D eigenvalue weighted by Crippen LogP contribution is -2.27. The number of benzene rings is 1. The Morgan fingerprint density at radius 1 is 1.37 bits per heavy atom. The standard InChI is InChI=1S/C14H14F2N5O5P/c1-6-3-2-4-7(10(22)14(15,16)27(24,25)26)9(6)21-5-18-8-11(21)19-13(17)20-12(8)23/h2-5,10,22H,1H3,(H2,24,25,26)(H3,17,19,20,23). The van der Waals surface area contributed by atoms with Crippen LogP contribution >= 0.6 is 7.60 Å². The van der Waals surface area contributed by atoms with E-state index in [2.05, 4.69) is 15.0 Å². The Hall–Kier alpha value is -2.66. The number of aromatic nitrogens is 4. The van der Waals surface area contributed by atoms with Gasteiger partial charge >= 0.3 is 13.3 Å². The van der Waals surface area contributed by atoms with Gasteiger partial charge in [-0.05, 0) is 12.5 Å². The van der Waals surface area contributed by atoms with E-state index in [9.17, 15) is 23.2 Å². The number of imidazole rings is 1. The van der Waals surface area contributed by atoms with E-state index in [4.69, 9.17) is 15.5 Å². The Bertz CT molecular complexity index is 1140. The maximum Gasteiger partial charge on any atom is 0.397 e. The zero-order valence-corrected chi connectivity index (χ0v) is 14.6. The molecular formula is C14H14F2N5O5P.